The van der Waals surface area contributed by atoms with Crippen molar-refractivity contribution in [1.82, 2.24) is 5.32 Å². The van der Waals surface area contributed by atoms with Gasteiger partial charge in [0.05, 0.1) is 5.56 Å². The van der Waals surface area contributed by atoms with Crippen LogP contribution in [0.25, 0.3) is 43.1 Å². The number of nitrogens with one attached hydrogen (secondary N) is 1. The number of nitrogens with zero attached hydrogens (tertiary/aromatic N) is 1. The van der Waals surface area contributed by atoms with Crippen LogP contribution in [0.3, 0.4) is 0 Å². The second-order valence-electron chi connectivity index (χ2n) is 8.05. The topological polar surface area (TPSA) is 92.7 Å². The minimum absolute atomic E-state index is 0.273. The van der Waals surface area contributed by atoms with Gasteiger partial charge in [0, 0.05) is 21.7 Å². The molecule has 0 unspecified atom stereocenters. The van der Waals surface area contributed by atoms with Gasteiger partial charge in [-0.05, 0) is 80.9 Å². The van der Waals surface area contributed by atoms with E-state index in [2.05, 4.69) is 10.5 Å². The van der Waals surface area contributed by atoms with Gasteiger partial charge in [-0.2, -0.15) is 0 Å². The summed E-state index contributed by atoms with van der Waals surface area (Å²) in [6, 6.07) is 12.8. The minimum Gasteiger partial charge on any atom is -0.288 e. The fourth-order valence-corrected chi connectivity index (χ4v) is 5.20. The summed E-state index contributed by atoms with van der Waals surface area (Å²) in [5.41, 5.74) is 2.99. The second-order valence-corrected chi connectivity index (χ2v) is 8.05. The van der Waals surface area contributed by atoms with E-state index in [0.717, 1.165) is 43.4 Å². The predicted molar refractivity (Wildman–Crippen MR) is 119 cm³/mol. The maximum absolute atomic E-state index is 12.6. The highest BCUT2D eigenvalue weighted by atomic mass is 16.3. The van der Waals surface area contributed by atoms with Gasteiger partial charge in [0.2, 0.25) is 0 Å². The van der Waals surface area contributed by atoms with Crippen molar-refractivity contribution in [2.45, 2.75) is 13.8 Å². The standard InChI is InChI=1S/C25H14N2O4/c1-10-3-4-14-19-11(2)9-17-21-16(23(28)26-24(17)29)8-6-13(22(19)21)12-5-7-15(25(30)27-31)18(10)20(12)14/h3-9H,1-2H3,(H,26,28,29). The Balaban J connectivity index is 1.98. The van der Waals surface area contributed by atoms with Crippen molar-refractivity contribution in [3.8, 4) is 0 Å². The van der Waals surface area contributed by atoms with E-state index in [-0.39, 0.29) is 5.56 Å². The third kappa shape index (κ3) is 2.03. The molecule has 6 heteroatoms. The zero-order chi connectivity index (χ0) is 21.6. The molecule has 6 rings (SSSR count). The van der Waals surface area contributed by atoms with Crippen LogP contribution in [0.15, 0.2) is 47.6 Å². The summed E-state index contributed by atoms with van der Waals surface area (Å²) in [6.45, 7) is 3.83. The van der Waals surface area contributed by atoms with Gasteiger partial charge in [0.1, 0.15) is 0 Å². The minimum atomic E-state index is -0.804. The maximum atomic E-state index is 12.6. The number of rotatable bonds is 1. The summed E-state index contributed by atoms with van der Waals surface area (Å²) >= 11 is 0. The second kappa shape index (κ2) is 5.70. The van der Waals surface area contributed by atoms with Crippen molar-refractivity contribution in [3.05, 3.63) is 75.2 Å². The molecule has 1 N–H and O–H groups in total. The van der Waals surface area contributed by atoms with Gasteiger partial charge in [0.15, 0.2) is 0 Å². The van der Waals surface area contributed by atoms with E-state index in [1.165, 1.54) is 0 Å². The van der Waals surface area contributed by atoms with Crippen molar-refractivity contribution < 1.29 is 14.4 Å². The summed E-state index contributed by atoms with van der Waals surface area (Å²) in [6.07, 6.45) is 0. The highest BCUT2D eigenvalue weighted by molar-refractivity contribution is 6.39. The fraction of sp³-hybridized carbons (Fsp3) is 0.0800. The zero-order valence-corrected chi connectivity index (χ0v) is 16.6. The van der Waals surface area contributed by atoms with Crippen molar-refractivity contribution in [3.63, 3.8) is 0 Å². The highest BCUT2D eigenvalue weighted by Gasteiger charge is 2.29. The summed E-state index contributed by atoms with van der Waals surface area (Å²) in [7, 11) is 0. The Hall–Kier alpha value is -4.19. The van der Waals surface area contributed by atoms with Gasteiger partial charge in [-0.25, -0.2) is 0 Å². The van der Waals surface area contributed by atoms with E-state index < -0.39 is 17.7 Å². The Kier molecular flexibility index (Phi) is 3.24. The molecule has 0 aromatic heterocycles. The Labute approximate surface area is 175 Å². The Bertz CT molecular complexity index is 1700. The number of amides is 3. The number of carbonyl (C=O) groups excluding carboxylic acids is 3. The van der Waals surface area contributed by atoms with Crippen LogP contribution in [0.2, 0.25) is 0 Å². The molecule has 0 spiro atoms. The molecule has 148 valence electrons. The van der Waals surface area contributed by atoms with E-state index >= 15 is 0 Å². The molecule has 0 aliphatic carbocycles. The van der Waals surface area contributed by atoms with Crippen LogP contribution in [0, 0.1) is 18.8 Å². The molecule has 1 aliphatic rings. The van der Waals surface area contributed by atoms with Gasteiger partial charge in [-0.1, -0.05) is 24.3 Å². The number of aryl methyl sites for hydroxylation is 2. The molecule has 0 atom stereocenters. The van der Waals surface area contributed by atoms with E-state index in [1.807, 2.05) is 44.2 Å². The number of imide groups is 1. The molecular weight excluding hydrogens is 392 g/mol. The van der Waals surface area contributed by atoms with E-state index in [1.54, 1.807) is 12.1 Å². The number of fused-ring (bicyclic) bond motifs is 2. The van der Waals surface area contributed by atoms with Crippen LogP contribution < -0.4 is 5.32 Å². The first kappa shape index (κ1) is 17.7. The lowest BCUT2D eigenvalue weighted by molar-refractivity contribution is 0.0844. The molecule has 5 aromatic rings. The molecule has 0 bridgehead atoms. The van der Waals surface area contributed by atoms with Gasteiger partial charge in [-0.3, -0.25) is 19.7 Å². The predicted octanol–water partition coefficient (Wildman–Crippen LogP) is 5.14. The maximum Gasteiger partial charge on any atom is 0.317 e. The average Bonchev–Trinajstić information content (AvgIpc) is 2.77. The normalized spacial score (nSPS) is 13.5. The van der Waals surface area contributed by atoms with Crippen LogP contribution in [-0.2, 0) is 0 Å². The monoisotopic (exact) mass is 406 g/mol. The van der Waals surface area contributed by atoms with Crippen molar-refractivity contribution >= 4 is 60.8 Å². The summed E-state index contributed by atoms with van der Waals surface area (Å²) in [5.74, 6) is -1.61. The van der Waals surface area contributed by atoms with E-state index in [4.69, 9.17) is 0 Å². The Morgan fingerprint density at radius 1 is 0.710 bits per heavy atom. The van der Waals surface area contributed by atoms with Gasteiger partial charge in [-0.15, -0.1) is 4.91 Å². The highest BCUT2D eigenvalue weighted by Crippen LogP contribution is 2.45. The molecule has 6 nitrogen and oxygen atoms in total. The lowest BCUT2D eigenvalue weighted by Gasteiger charge is -2.23. The SMILES string of the molecule is Cc1ccc2c3c(C)cc4c5c(ccc(c6ccc(C(=O)N=O)c1c62)c53)C(=O)NC4=O. The summed E-state index contributed by atoms with van der Waals surface area (Å²) in [4.78, 5) is 48.4. The van der Waals surface area contributed by atoms with Gasteiger partial charge < -0.3 is 0 Å². The smallest absolute Gasteiger partial charge is 0.288 e. The molecular formula is C25H14N2O4. The quantitative estimate of drug-likeness (QED) is 0.180. The molecule has 0 fully saturated rings. The van der Waals surface area contributed by atoms with Gasteiger partial charge in [0.25, 0.3) is 11.8 Å². The first-order valence-electron chi connectivity index (χ1n) is 9.83. The van der Waals surface area contributed by atoms with E-state index in [0.29, 0.717) is 21.9 Å². The number of carbonyl (C=O) groups is 3. The van der Waals surface area contributed by atoms with Crippen LogP contribution in [0.1, 0.15) is 42.2 Å². The van der Waals surface area contributed by atoms with Crippen molar-refractivity contribution in [1.29, 1.82) is 0 Å². The number of hydrogen-bond acceptors (Lipinski definition) is 4. The number of benzene rings is 5. The van der Waals surface area contributed by atoms with Gasteiger partial charge >= 0.3 is 5.91 Å². The van der Waals surface area contributed by atoms with Crippen LogP contribution in [0.4, 0.5) is 0 Å². The molecule has 1 aliphatic heterocycles. The molecule has 0 saturated heterocycles. The first-order valence-corrected chi connectivity index (χ1v) is 9.83. The van der Waals surface area contributed by atoms with E-state index in [9.17, 15) is 19.3 Å². The fourth-order valence-electron chi connectivity index (χ4n) is 5.20. The Morgan fingerprint density at radius 2 is 1.39 bits per heavy atom. The van der Waals surface area contributed by atoms with Crippen LogP contribution in [0.5, 0.6) is 0 Å². The third-order valence-electron chi connectivity index (χ3n) is 6.44. The molecule has 0 radical (unpaired) electrons. The Morgan fingerprint density at radius 3 is 2.16 bits per heavy atom. The van der Waals surface area contributed by atoms with Crippen LogP contribution >= 0.6 is 0 Å². The van der Waals surface area contributed by atoms with Crippen molar-refractivity contribution in [2.75, 3.05) is 0 Å². The van der Waals surface area contributed by atoms with Crippen molar-refractivity contribution in [2.24, 2.45) is 5.18 Å². The average molecular weight is 406 g/mol. The number of nitroso groups, excluding NO2 is 1. The largest absolute Gasteiger partial charge is 0.317 e. The lowest BCUT2D eigenvalue weighted by atomic mass is 9.82. The lowest BCUT2D eigenvalue weighted by Crippen LogP contribution is -2.34. The third-order valence-corrected chi connectivity index (χ3v) is 6.44. The number of hydrogen-bond donors (Lipinski definition) is 1. The molecule has 3 amide bonds. The first-order chi connectivity index (χ1) is 14.9. The van der Waals surface area contributed by atoms with Crippen LogP contribution in [-0.4, -0.2) is 17.7 Å². The zero-order valence-electron chi connectivity index (χ0n) is 16.6. The molecule has 31 heavy (non-hydrogen) atoms. The summed E-state index contributed by atoms with van der Waals surface area (Å²) in [5, 5.41) is 11.8. The molecule has 0 saturated carbocycles. The molecule has 1 heterocycles. The molecule has 5 aromatic carbocycles. The summed E-state index contributed by atoms with van der Waals surface area (Å²) < 4.78 is 0.